The Morgan fingerprint density at radius 1 is 1.09 bits per heavy atom. The lowest BCUT2D eigenvalue weighted by atomic mass is 9.97. The summed E-state index contributed by atoms with van der Waals surface area (Å²) in [6, 6.07) is 4.18. The van der Waals surface area contributed by atoms with Gasteiger partial charge in [-0.1, -0.05) is 0 Å². The first-order valence-corrected chi connectivity index (χ1v) is 12.3. The number of likely N-dealkylation sites (tertiary alicyclic amines) is 1. The van der Waals surface area contributed by atoms with E-state index >= 15 is 0 Å². The van der Waals surface area contributed by atoms with E-state index in [9.17, 15) is 22.8 Å². The highest BCUT2D eigenvalue weighted by Crippen LogP contribution is 2.31. The zero-order valence-corrected chi connectivity index (χ0v) is 19.2. The second kappa shape index (κ2) is 11.3. The molecule has 0 atom stereocenters. The Bertz CT molecular complexity index is 972. The number of sulfonamides is 1. The number of fused-ring (bicyclic) bond motifs is 1. The summed E-state index contributed by atoms with van der Waals surface area (Å²) in [4.78, 5) is 37.4. The summed E-state index contributed by atoms with van der Waals surface area (Å²) >= 11 is 0. The lowest BCUT2D eigenvalue weighted by molar-refractivity contribution is -0.154. The first-order valence-electron chi connectivity index (χ1n) is 10.8. The van der Waals surface area contributed by atoms with Crippen molar-refractivity contribution in [3.63, 3.8) is 0 Å². The number of ether oxygens (including phenoxy) is 4. The highest BCUT2D eigenvalue weighted by Gasteiger charge is 2.28. The summed E-state index contributed by atoms with van der Waals surface area (Å²) in [5, 5.41) is 0. The predicted octanol–water partition coefficient (Wildman–Crippen LogP) is 0.471. The molecule has 11 nitrogen and oxygen atoms in total. The molecule has 0 spiro atoms. The Hall–Kier alpha value is -2.86. The van der Waals surface area contributed by atoms with Gasteiger partial charge in [-0.05, 0) is 31.9 Å². The van der Waals surface area contributed by atoms with E-state index in [2.05, 4.69) is 4.72 Å². The highest BCUT2D eigenvalue weighted by molar-refractivity contribution is 7.89. The Kier molecular flexibility index (Phi) is 8.50. The molecule has 2 heterocycles. The van der Waals surface area contributed by atoms with Crippen LogP contribution in [-0.2, 0) is 33.9 Å². The molecule has 1 fully saturated rings. The van der Waals surface area contributed by atoms with Crippen molar-refractivity contribution in [1.82, 2.24) is 9.62 Å². The molecular formula is C21H28N2O9S. The van der Waals surface area contributed by atoms with Gasteiger partial charge >= 0.3 is 11.9 Å². The van der Waals surface area contributed by atoms with Gasteiger partial charge in [0.1, 0.15) is 6.54 Å². The number of amides is 1. The maximum Gasteiger partial charge on any atom is 0.321 e. The zero-order valence-electron chi connectivity index (χ0n) is 18.4. The van der Waals surface area contributed by atoms with Crippen molar-refractivity contribution in [2.75, 3.05) is 46.1 Å². The van der Waals surface area contributed by atoms with Gasteiger partial charge in [-0.15, -0.1) is 0 Å². The highest BCUT2D eigenvalue weighted by atomic mass is 32.2. The minimum Gasteiger partial charge on any atom is -0.490 e. The van der Waals surface area contributed by atoms with Crippen LogP contribution in [0.25, 0.3) is 0 Å². The molecule has 1 amide bonds. The minimum atomic E-state index is -4.00. The zero-order chi connectivity index (χ0) is 23.8. The third-order valence-electron chi connectivity index (χ3n) is 5.26. The van der Waals surface area contributed by atoms with E-state index in [1.54, 1.807) is 6.92 Å². The van der Waals surface area contributed by atoms with Gasteiger partial charge in [0.25, 0.3) is 5.91 Å². The van der Waals surface area contributed by atoms with Crippen LogP contribution in [0.1, 0.15) is 26.2 Å². The van der Waals surface area contributed by atoms with E-state index in [-0.39, 0.29) is 16.8 Å². The monoisotopic (exact) mass is 484 g/mol. The molecule has 1 saturated heterocycles. The van der Waals surface area contributed by atoms with Gasteiger partial charge in [-0.25, -0.2) is 8.42 Å². The Balaban J connectivity index is 1.43. The molecule has 33 heavy (non-hydrogen) atoms. The standard InChI is InChI=1S/C21H28N2O9S/c1-2-29-21(26)15-6-8-23(9-7-15)19(24)14-32-20(25)13-22-33(27,28)16-4-5-17-18(12-16)31-11-3-10-30-17/h4-5,12,15,22H,2-3,6-11,13-14H2,1H3. The van der Waals surface area contributed by atoms with Gasteiger partial charge in [0, 0.05) is 25.6 Å². The summed E-state index contributed by atoms with van der Waals surface area (Å²) in [6.07, 6.45) is 1.64. The van der Waals surface area contributed by atoms with E-state index in [1.165, 1.54) is 23.1 Å². The summed E-state index contributed by atoms with van der Waals surface area (Å²) in [7, 11) is -4.00. The number of hydrogen-bond acceptors (Lipinski definition) is 9. The molecule has 2 aliphatic heterocycles. The fraction of sp³-hybridized carbons (Fsp3) is 0.571. The molecule has 1 aromatic rings. The van der Waals surface area contributed by atoms with Crippen LogP contribution in [-0.4, -0.2) is 77.2 Å². The van der Waals surface area contributed by atoms with Crippen molar-refractivity contribution in [1.29, 1.82) is 0 Å². The predicted molar refractivity (Wildman–Crippen MR) is 114 cm³/mol. The smallest absolute Gasteiger partial charge is 0.321 e. The van der Waals surface area contributed by atoms with E-state index in [0.717, 1.165) is 0 Å². The average molecular weight is 485 g/mol. The fourth-order valence-corrected chi connectivity index (χ4v) is 4.44. The molecule has 0 unspecified atom stereocenters. The molecule has 0 radical (unpaired) electrons. The second-order valence-corrected chi connectivity index (χ2v) is 9.32. The van der Waals surface area contributed by atoms with Gasteiger partial charge in [-0.3, -0.25) is 14.4 Å². The SMILES string of the molecule is CCOC(=O)C1CCN(C(=O)COC(=O)CNS(=O)(=O)c2ccc3c(c2)OCCCO3)CC1. The van der Waals surface area contributed by atoms with Crippen LogP contribution in [0.15, 0.2) is 23.1 Å². The van der Waals surface area contributed by atoms with Gasteiger partial charge in [0.15, 0.2) is 18.1 Å². The van der Waals surface area contributed by atoms with Crippen LogP contribution < -0.4 is 14.2 Å². The molecule has 3 rings (SSSR count). The second-order valence-electron chi connectivity index (χ2n) is 7.55. The number of hydrogen-bond donors (Lipinski definition) is 1. The van der Waals surface area contributed by atoms with Crippen molar-refractivity contribution >= 4 is 27.9 Å². The van der Waals surface area contributed by atoms with E-state index < -0.39 is 35.1 Å². The largest absolute Gasteiger partial charge is 0.490 e. The minimum absolute atomic E-state index is 0.0832. The fourth-order valence-electron chi connectivity index (χ4n) is 3.46. The summed E-state index contributed by atoms with van der Waals surface area (Å²) in [6.45, 7) is 2.52. The van der Waals surface area contributed by atoms with Gasteiger partial charge in [0.05, 0.1) is 30.6 Å². The number of esters is 2. The van der Waals surface area contributed by atoms with Crippen molar-refractivity contribution in [2.45, 2.75) is 31.1 Å². The third kappa shape index (κ3) is 6.81. The van der Waals surface area contributed by atoms with Crippen molar-refractivity contribution in [3.05, 3.63) is 18.2 Å². The number of carbonyl (C=O) groups is 3. The molecule has 0 bridgehead atoms. The van der Waals surface area contributed by atoms with Crippen LogP contribution >= 0.6 is 0 Å². The van der Waals surface area contributed by atoms with Crippen LogP contribution in [0, 0.1) is 5.92 Å². The Labute approximate surface area is 192 Å². The van der Waals surface area contributed by atoms with Gasteiger partial charge in [0.2, 0.25) is 10.0 Å². The molecule has 12 heteroatoms. The van der Waals surface area contributed by atoms with E-state index in [1.807, 2.05) is 0 Å². The number of benzene rings is 1. The van der Waals surface area contributed by atoms with E-state index in [4.69, 9.17) is 18.9 Å². The maximum absolute atomic E-state index is 12.5. The van der Waals surface area contributed by atoms with Gasteiger partial charge in [-0.2, -0.15) is 4.72 Å². The molecule has 2 aliphatic rings. The summed E-state index contributed by atoms with van der Waals surface area (Å²) in [5.41, 5.74) is 0. The normalized spacial score (nSPS) is 16.6. The van der Waals surface area contributed by atoms with Crippen LogP contribution in [0.5, 0.6) is 11.5 Å². The Morgan fingerprint density at radius 2 is 1.79 bits per heavy atom. The van der Waals surface area contributed by atoms with Crippen LogP contribution in [0.2, 0.25) is 0 Å². The average Bonchev–Trinajstić information content (AvgIpc) is 3.06. The molecule has 1 aromatic carbocycles. The summed E-state index contributed by atoms with van der Waals surface area (Å²) < 4.78 is 48.0. The molecule has 1 N–H and O–H groups in total. The molecule has 182 valence electrons. The third-order valence-corrected chi connectivity index (χ3v) is 6.66. The lowest BCUT2D eigenvalue weighted by Gasteiger charge is -2.30. The number of rotatable bonds is 8. The first-order chi connectivity index (χ1) is 15.8. The molecule has 0 saturated carbocycles. The van der Waals surface area contributed by atoms with Crippen molar-refractivity contribution in [3.8, 4) is 11.5 Å². The first kappa shape index (κ1) is 24.8. The van der Waals surface area contributed by atoms with Crippen LogP contribution in [0.3, 0.4) is 0 Å². The van der Waals surface area contributed by atoms with Crippen LogP contribution in [0.4, 0.5) is 0 Å². The number of nitrogens with zero attached hydrogens (tertiary/aromatic N) is 1. The molecule has 0 aromatic heterocycles. The van der Waals surface area contributed by atoms with Gasteiger partial charge < -0.3 is 23.8 Å². The molecular weight excluding hydrogens is 456 g/mol. The molecule has 0 aliphatic carbocycles. The lowest BCUT2D eigenvalue weighted by Crippen LogP contribution is -2.43. The topological polar surface area (TPSA) is 138 Å². The maximum atomic E-state index is 12.5. The Morgan fingerprint density at radius 3 is 2.48 bits per heavy atom. The quantitative estimate of drug-likeness (QED) is 0.522. The number of piperidine rings is 1. The van der Waals surface area contributed by atoms with E-state index in [0.29, 0.717) is 63.7 Å². The number of carbonyl (C=O) groups excluding carboxylic acids is 3. The van der Waals surface area contributed by atoms with Crippen molar-refractivity contribution in [2.24, 2.45) is 5.92 Å². The summed E-state index contributed by atoms with van der Waals surface area (Å²) in [5.74, 6) is -1.03. The number of nitrogens with one attached hydrogen (secondary N) is 1. The van der Waals surface area contributed by atoms with Crippen molar-refractivity contribution < 1.29 is 41.7 Å².